The molecule has 0 aliphatic carbocycles. The van der Waals surface area contributed by atoms with Crippen molar-refractivity contribution in [2.75, 3.05) is 25.5 Å². The topological polar surface area (TPSA) is 107 Å². The minimum Gasteiger partial charge on any atom is -0.494 e. The first-order chi connectivity index (χ1) is 18.5. The van der Waals surface area contributed by atoms with Crippen LogP contribution < -0.4 is 21.1 Å². The number of nitrogens with two attached hydrogens (primary N) is 1. The molecule has 0 bridgehead atoms. The van der Waals surface area contributed by atoms with E-state index >= 15 is 0 Å². The van der Waals surface area contributed by atoms with Crippen LogP contribution in [-0.4, -0.2) is 40.5 Å². The first-order valence-corrected chi connectivity index (χ1v) is 12.7. The highest BCUT2D eigenvalue weighted by Crippen LogP contribution is 2.31. The number of hydrogen-bond donors (Lipinski definition) is 3. The van der Waals surface area contributed by atoms with Gasteiger partial charge in [-0.05, 0) is 61.7 Å². The lowest BCUT2D eigenvalue weighted by molar-refractivity contribution is 0.0952. The van der Waals surface area contributed by atoms with E-state index in [9.17, 15) is 13.6 Å². The van der Waals surface area contributed by atoms with E-state index in [2.05, 4.69) is 20.6 Å². The molecule has 208 valence electrons. The maximum atomic E-state index is 14.8. The van der Waals surface area contributed by atoms with E-state index in [4.69, 9.17) is 10.5 Å². The van der Waals surface area contributed by atoms with Crippen LogP contribution in [-0.2, 0) is 6.42 Å². The number of carbonyl (C=O) groups excluding carboxylic acids is 1. The van der Waals surface area contributed by atoms with Gasteiger partial charge in [-0.15, -0.1) is 12.4 Å². The Morgan fingerprint density at radius 3 is 2.62 bits per heavy atom. The van der Waals surface area contributed by atoms with Crippen molar-refractivity contribution in [3.05, 3.63) is 71.7 Å². The molecule has 2 heterocycles. The Morgan fingerprint density at radius 2 is 1.87 bits per heavy atom. The average Bonchev–Trinajstić information content (AvgIpc) is 3.37. The van der Waals surface area contributed by atoms with Crippen molar-refractivity contribution < 1.29 is 18.3 Å². The zero-order valence-electron chi connectivity index (χ0n) is 22.0. The summed E-state index contributed by atoms with van der Waals surface area (Å²) in [5.41, 5.74) is 8.63. The van der Waals surface area contributed by atoms with Gasteiger partial charge in [0.15, 0.2) is 23.0 Å². The molecule has 8 nitrogen and oxygen atoms in total. The van der Waals surface area contributed by atoms with Gasteiger partial charge in [0.2, 0.25) is 5.82 Å². The van der Waals surface area contributed by atoms with Crippen LogP contribution in [0.5, 0.6) is 5.75 Å². The summed E-state index contributed by atoms with van der Waals surface area (Å²) in [6.07, 6.45) is 9.34. The summed E-state index contributed by atoms with van der Waals surface area (Å²) in [6, 6.07) is 8.33. The van der Waals surface area contributed by atoms with Gasteiger partial charge >= 0.3 is 0 Å². The number of nitrogens with one attached hydrogen (secondary N) is 2. The molecule has 11 heteroatoms. The monoisotopic (exact) mass is 558 g/mol. The Morgan fingerprint density at radius 1 is 1.08 bits per heavy atom. The molecule has 0 aliphatic rings. The van der Waals surface area contributed by atoms with Crippen LogP contribution in [0.15, 0.2) is 48.9 Å². The minimum absolute atomic E-state index is 0. The van der Waals surface area contributed by atoms with Gasteiger partial charge in [-0.25, -0.2) is 14.4 Å². The van der Waals surface area contributed by atoms with Crippen molar-refractivity contribution in [3.63, 3.8) is 0 Å². The number of amides is 1. The normalized spacial score (nSPS) is 10.8. The Kier molecular flexibility index (Phi) is 10.6. The number of rotatable bonds is 12. The van der Waals surface area contributed by atoms with Crippen LogP contribution >= 0.6 is 12.4 Å². The van der Waals surface area contributed by atoms with Gasteiger partial charge in [-0.3, -0.25) is 9.20 Å². The summed E-state index contributed by atoms with van der Waals surface area (Å²) < 4.78 is 35.6. The molecule has 0 atom stereocenters. The number of fused-ring (bicyclic) bond motifs is 1. The second-order valence-electron chi connectivity index (χ2n) is 8.87. The van der Waals surface area contributed by atoms with E-state index in [1.165, 1.54) is 25.4 Å². The second kappa shape index (κ2) is 13.9. The molecule has 2 aromatic carbocycles. The molecule has 1 amide bonds. The fourth-order valence-corrected chi connectivity index (χ4v) is 4.34. The summed E-state index contributed by atoms with van der Waals surface area (Å²) in [5.74, 6) is -1.91. The maximum Gasteiger partial charge on any atom is 0.251 e. The predicted octanol–water partition coefficient (Wildman–Crippen LogP) is 5.66. The molecular weight excluding hydrogens is 526 g/mol. The van der Waals surface area contributed by atoms with E-state index in [0.717, 1.165) is 36.9 Å². The molecule has 4 rings (SSSR count). The number of hydrogen-bond acceptors (Lipinski definition) is 6. The van der Waals surface area contributed by atoms with Crippen LogP contribution in [0.25, 0.3) is 16.9 Å². The third-order valence-corrected chi connectivity index (χ3v) is 6.38. The summed E-state index contributed by atoms with van der Waals surface area (Å²) in [5, 5.41) is 6.24. The zero-order valence-corrected chi connectivity index (χ0v) is 22.8. The Hall–Kier alpha value is -3.76. The number of aryl methyl sites for hydroxylation is 1. The molecule has 0 radical (unpaired) electrons. The van der Waals surface area contributed by atoms with Crippen molar-refractivity contribution in [1.82, 2.24) is 19.7 Å². The van der Waals surface area contributed by atoms with Gasteiger partial charge in [0, 0.05) is 35.8 Å². The smallest absolute Gasteiger partial charge is 0.251 e. The van der Waals surface area contributed by atoms with Crippen molar-refractivity contribution in [2.45, 2.75) is 39.0 Å². The number of halogens is 3. The third-order valence-electron chi connectivity index (χ3n) is 6.38. The fraction of sp³-hybridized carbons (Fsp3) is 0.321. The Balaban J connectivity index is 0.00000420. The largest absolute Gasteiger partial charge is 0.494 e. The number of methoxy groups -OCH3 is 1. The minimum atomic E-state index is -1.06. The van der Waals surface area contributed by atoms with Crippen LogP contribution in [0.2, 0.25) is 0 Å². The molecule has 0 unspecified atom stereocenters. The first-order valence-electron chi connectivity index (χ1n) is 12.7. The number of benzene rings is 2. The molecule has 0 spiro atoms. The highest BCUT2D eigenvalue weighted by Gasteiger charge is 2.19. The highest BCUT2D eigenvalue weighted by molar-refractivity contribution is 5.96. The van der Waals surface area contributed by atoms with Gasteiger partial charge in [0.05, 0.1) is 19.0 Å². The number of aromatic nitrogens is 3. The lowest BCUT2D eigenvalue weighted by atomic mass is 10.0. The third kappa shape index (κ3) is 6.63. The van der Waals surface area contributed by atoms with Gasteiger partial charge < -0.3 is 21.1 Å². The van der Waals surface area contributed by atoms with Gasteiger partial charge in [-0.1, -0.05) is 19.8 Å². The van der Waals surface area contributed by atoms with Gasteiger partial charge in [-0.2, -0.15) is 4.39 Å². The molecule has 0 fully saturated rings. The standard InChI is InChI=1S/C28H32F2N6O2.ClH/c1-3-18-16-19(8-9-20(18)28(37)33-13-7-5-4-6-12-31)35-26-27-34-17-22(36(27)15-14-32-26)21-10-11-23(38-2)25(30)24(21)29;/h8-11,14-17H,3-7,12-13,31H2,1-2H3,(H,32,35)(H,33,37);1H. The lowest BCUT2D eigenvalue weighted by Gasteiger charge is -2.13. The molecular formula is C28H33ClF2N6O2. The van der Waals surface area contributed by atoms with Crippen LogP contribution in [0, 0.1) is 11.6 Å². The number of imidazole rings is 1. The van der Waals surface area contributed by atoms with Gasteiger partial charge in [0.25, 0.3) is 5.91 Å². The molecule has 0 saturated heterocycles. The van der Waals surface area contributed by atoms with Crippen molar-refractivity contribution in [2.24, 2.45) is 5.73 Å². The number of nitrogens with zero attached hydrogens (tertiary/aromatic N) is 3. The number of anilines is 2. The molecule has 2 aromatic heterocycles. The van der Waals surface area contributed by atoms with E-state index < -0.39 is 11.6 Å². The lowest BCUT2D eigenvalue weighted by Crippen LogP contribution is -2.25. The van der Waals surface area contributed by atoms with Crippen molar-refractivity contribution >= 4 is 35.5 Å². The van der Waals surface area contributed by atoms with Crippen LogP contribution in [0.4, 0.5) is 20.3 Å². The fourth-order valence-electron chi connectivity index (χ4n) is 4.34. The van der Waals surface area contributed by atoms with E-state index in [-0.39, 0.29) is 29.6 Å². The zero-order chi connectivity index (χ0) is 27.1. The van der Waals surface area contributed by atoms with Gasteiger partial charge in [0.1, 0.15) is 0 Å². The van der Waals surface area contributed by atoms with Crippen LogP contribution in [0.1, 0.15) is 48.5 Å². The van der Waals surface area contributed by atoms with Crippen molar-refractivity contribution in [3.8, 4) is 17.0 Å². The molecule has 4 aromatic rings. The Bertz CT molecular complexity index is 1430. The molecule has 0 saturated carbocycles. The molecule has 0 aliphatic heterocycles. The maximum absolute atomic E-state index is 14.8. The van der Waals surface area contributed by atoms with Crippen LogP contribution in [0.3, 0.4) is 0 Å². The SMILES string of the molecule is CCc1cc(Nc2nccn3c(-c4ccc(OC)c(F)c4F)cnc23)ccc1C(=O)NCCCCCCN.Cl. The highest BCUT2D eigenvalue weighted by atomic mass is 35.5. The average molecular weight is 559 g/mol. The molecule has 4 N–H and O–H groups in total. The summed E-state index contributed by atoms with van der Waals surface area (Å²) in [6.45, 7) is 3.31. The summed E-state index contributed by atoms with van der Waals surface area (Å²) >= 11 is 0. The summed E-state index contributed by atoms with van der Waals surface area (Å²) in [4.78, 5) is 21.5. The quantitative estimate of drug-likeness (QED) is 0.194. The predicted molar refractivity (Wildman–Crippen MR) is 151 cm³/mol. The van der Waals surface area contributed by atoms with E-state index in [0.29, 0.717) is 42.2 Å². The van der Waals surface area contributed by atoms with E-state index in [1.54, 1.807) is 22.9 Å². The number of carbonyl (C=O) groups is 1. The number of ether oxygens (including phenoxy) is 1. The number of unbranched alkanes of at least 4 members (excludes halogenated alkanes) is 3. The first kappa shape index (κ1) is 29.8. The van der Waals surface area contributed by atoms with Crippen molar-refractivity contribution in [1.29, 1.82) is 0 Å². The van der Waals surface area contributed by atoms with E-state index in [1.807, 2.05) is 19.1 Å². The second-order valence-corrected chi connectivity index (χ2v) is 8.87. The summed E-state index contributed by atoms with van der Waals surface area (Å²) in [7, 11) is 1.28. The molecule has 39 heavy (non-hydrogen) atoms. The Labute approximate surface area is 232 Å².